The van der Waals surface area contributed by atoms with Gasteiger partial charge in [0.2, 0.25) is 0 Å². The smallest absolute Gasteiger partial charge is 0.104 e. The molecule has 0 radical (unpaired) electrons. The van der Waals surface area contributed by atoms with Crippen molar-refractivity contribution in [3.8, 4) is 0 Å². The zero-order valence-corrected chi connectivity index (χ0v) is 17.5. The van der Waals surface area contributed by atoms with Crippen LogP contribution < -0.4 is 10.6 Å². The number of para-hydroxylation sites is 1. The Morgan fingerprint density at radius 3 is 2.46 bits per heavy atom. The van der Waals surface area contributed by atoms with Gasteiger partial charge in [-0.2, -0.15) is 0 Å². The van der Waals surface area contributed by atoms with Gasteiger partial charge in [0, 0.05) is 34.0 Å². The summed E-state index contributed by atoms with van der Waals surface area (Å²) in [5.74, 6) is 0. The Labute approximate surface area is 166 Å². The maximum atomic E-state index is 5.90. The van der Waals surface area contributed by atoms with Gasteiger partial charge in [0.1, 0.15) is 4.99 Å². The minimum Gasteiger partial charge on any atom is -0.389 e. The van der Waals surface area contributed by atoms with Crippen molar-refractivity contribution in [1.82, 2.24) is 4.90 Å². The van der Waals surface area contributed by atoms with E-state index in [0.717, 1.165) is 18.7 Å². The van der Waals surface area contributed by atoms with Crippen LogP contribution in [0.2, 0.25) is 0 Å². The van der Waals surface area contributed by atoms with Crippen LogP contribution in [0.4, 0.5) is 11.4 Å². The highest BCUT2D eigenvalue weighted by Crippen LogP contribution is 2.49. The lowest BCUT2D eigenvalue weighted by atomic mass is 10.1. The third kappa shape index (κ3) is 3.75. The van der Waals surface area contributed by atoms with Crippen LogP contribution in [0.3, 0.4) is 0 Å². The summed E-state index contributed by atoms with van der Waals surface area (Å²) in [7, 11) is 0. The average Bonchev–Trinajstić information content (AvgIpc) is 2.63. The fourth-order valence-electron chi connectivity index (χ4n) is 3.54. The van der Waals surface area contributed by atoms with Gasteiger partial charge in [0.25, 0.3) is 0 Å². The van der Waals surface area contributed by atoms with Crippen LogP contribution in [-0.2, 0) is 0 Å². The Balaban J connectivity index is 2.05. The lowest BCUT2D eigenvalue weighted by molar-refractivity contribution is 0.222. The molecule has 1 unspecified atom stereocenters. The monoisotopic (exact) mass is 385 g/mol. The number of fused-ring (bicyclic) bond motifs is 2. The molecule has 0 aliphatic carbocycles. The van der Waals surface area contributed by atoms with E-state index in [9.17, 15) is 0 Å². The van der Waals surface area contributed by atoms with Gasteiger partial charge >= 0.3 is 0 Å². The zero-order chi connectivity index (χ0) is 18.8. The van der Waals surface area contributed by atoms with Crippen molar-refractivity contribution in [2.24, 2.45) is 5.73 Å². The summed E-state index contributed by atoms with van der Waals surface area (Å²) in [6, 6.07) is 15.8. The molecule has 0 saturated carbocycles. The summed E-state index contributed by atoms with van der Waals surface area (Å²) in [5, 5.41) is 0. The van der Waals surface area contributed by atoms with E-state index in [1.54, 1.807) is 0 Å². The predicted octanol–water partition coefficient (Wildman–Crippen LogP) is 5.04. The Morgan fingerprint density at radius 1 is 1.12 bits per heavy atom. The maximum Gasteiger partial charge on any atom is 0.104 e. The molecular weight excluding hydrogens is 358 g/mol. The minimum atomic E-state index is 0.333. The van der Waals surface area contributed by atoms with E-state index in [-0.39, 0.29) is 0 Å². The molecule has 0 amide bonds. The summed E-state index contributed by atoms with van der Waals surface area (Å²) in [5.41, 5.74) is 9.29. The summed E-state index contributed by atoms with van der Waals surface area (Å²) in [6.45, 7) is 11.1. The Bertz CT molecular complexity index is 804. The molecule has 26 heavy (non-hydrogen) atoms. The number of likely N-dealkylation sites (N-methyl/N-ethyl adjacent to an activating group) is 1. The molecule has 2 N–H and O–H groups in total. The summed E-state index contributed by atoms with van der Waals surface area (Å²) >= 11 is 7.03. The van der Waals surface area contributed by atoms with Gasteiger partial charge in [-0.25, -0.2) is 0 Å². The summed E-state index contributed by atoms with van der Waals surface area (Å²) in [4.78, 5) is 7.95. The Kier molecular flexibility index (Phi) is 5.90. The van der Waals surface area contributed by atoms with Crippen LogP contribution >= 0.6 is 24.0 Å². The second-order valence-corrected chi connectivity index (χ2v) is 8.54. The SMILES string of the molecule is CCN(CC(C)N1c2ccccc2Sc2ccc(C(N)=S)cc21)C(C)C. The van der Waals surface area contributed by atoms with Gasteiger partial charge in [-0.15, -0.1) is 0 Å². The van der Waals surface area contributed by atoms with E-state index in [2.05, 4.69) is 73.9 Å². The van der Waals surface area contributed by atoms with Crippen molar-refractivity contribution in [3.05, 3.63) is 48.0 Å². The lowest BCUT2D eigenvalue weighted by Crippen LogP contribution is -2.43. The molecule has 3 nitrogen and oxygen atoms in total. The van der Waals surface area contributed by atoms with E-state index in [0.29, 0.717) is 17.1 Å². The van der Waals surface area contributed by atoms with Crippen molar-refractivity contribution in [1.29, 1.82) is 0 Å². The van der Waals surface area contributed by atoms with Gasteiger partial charge < -0.3 is 10.6 Å². The van der Waals surface area contributed by atoms with Crippen LogP contribution in [0.25, 0.3) is 0 Å². The molecule has 3 rings (SSSR count). The highest BCUT2D eigenvalue weighted by Gasteiger charge is 2.28. The molecule has 1 atom stereocenters. The summed E-state index contributed by atoms with van der Waals surface area (Å²) in [6.07, 6.45) is 0. The molecule has 2 aromatic carbocycles. The maximum absolute atomic E-state index is 5.90. The number of nitrogens with two attached hydrogens (primary N) is 1. The van der Waals surface area contributed by atoms with Crippen LogP contribution in [0.15, 0.2) is 52.3 Å². The topological polar surface area (TPSA) is 32.5 Å². The normalized spacial score (nSPS) is 14.3. The van der Waals surface area contributed by atoms with E-state index in [1.807, 2.05) is 17.8 Å². The second-order valence-electron chi connectivity index (χ2n) is 7.02. The van der Waals surface area contributed by atoms with Crippen molar-refractivity contribution in [3.63, 3.8) is 0 Å². The fraction of sp³-hybridized carbons (Fsp3) is 0.381. The second kappa shape index (κ2) is 7.99. The number of rotatable bonds is 6. The number of nitrogens with zero attached hydrogens (tertiary/aromatic N) is 2. The molecule has 138 valence electrons. The van der Waals surface area contributed by atoms with Gasteiger partial charge in [-0.05, 0) is 51.6 Å². The van der Waals surface area contributed by atoms with Crippen LogP contribution in [0.5, 0.6) is 0 Å². The first-order valence-corrected chi connectivity index (χ1v) is 10.4. The molecule has 0 spiro atoms. The highest BCUT2D eigenvalue weighted by atomic mass is 32.2. The van der Waals surface area contributed by atoms with Gasteiger partial charge in [0.05, 0.1) is 11.4 Å². The molecule has 2 aromatic rings. The number of hydrogen-bond donors (Lipinski definition) is 1. The number of thiocarbonyl (C=S) groups is 1. The third-order valence-electron chi connectivity index (χ3n) is 4.92. The van der Waals surface area contributed by atoms with Gasteiger partial charge in [0.15, 0.2) is 0 Å². The van der Waals surface area contributed by atoms with Crippen molar-refractivity contribution < 1.29 is 0 Å². The van der Waals surface area contributed by atoms with Crippen molar-refractivity contribution >= 4 is 40.3 Å². The first-order valence-electron chi connectivity index (χ1n) is 9.16. The predicted molar refractivity (Wildman–Crippen MR) is 117 cm³/mol. The van der Waals surface area contributed by atoms with Crippen LogP contribution in [0.1, 0.15) is 33.3 Å². The summed E-state index contributed by atoms with van der Waals surface area (Å²) < 4.78 is 0. The Hall–Kier alpha value is -1.56. The first-order chi connectivity index (χ1) is 12.4. The molecule has 1 heterocycles. The quantitative estimate of drug-likeness (QED) is 0.704. The first kappa shape index (κ1) is 19.2. The zero-order valence-electron chi connectivity index (χ0n) is 15.9. The van der Waals surface area contributed by atoms with Gasteiger partial charge in [-0.3, -0.25) is 4.90 Å². The lowest BCUT2D eigenvalue weighted by Gasteiger charge is -2.40. The van der Waals surface area contributed by atoms with E-state index < -0.39 is 0 Å². The molecule has 0 saturated heterocycles. The fourth-order valence-corrected chi connectivity index (χ4v) is 4.72. The van der Waals surface area contributed by atoms with E-state index >= 15 is 0 Å². The van der Waals surface area contributed by atoms with Crippen LogP contribution in [-0.4, -0.2) is 35.1 Å². The molecule has 0 aromatic heterocycles. The van der Waals surface area contributed by atoms with E-state index in [1.165, 1.54) is 21.2 Å². The molecule has 5 heteroatoms. The largest absolute Gasteiger partial charge is 0.389 e. The van der Waals surface area contributed by atoms with E-state index in [4.69, 9.17) is 18.0 Å². The minimum absolute atomic E-state index is 0.333. The molecule has 0 fully saturated rings. The number of hydrogen-bond acceptors (Lipinski definition) is 4. The standard InChI is InChI=1S/C21H27N3S2/c1-5-23(14(2)3)13-15(4)24-17-8-6-7-9-19(17)26-20-11-10-16(21(22)25)12-18(20)24/h6-12,14-15H,5,13H2,1-4H3,(H2,22,25). The molecule has 1 aliphatic rings. The number of benzene rings is 2. The highest BCUT2D eigenvalue weighted by molar-refractivity contribution is 7.99. The molecule has 0 bridgehead atoms. The third-order valence-corrected chi connectivity index (χ3v) is 6.29. The van der Waals surface area contributed by atoms with Gasteiger partial charge in [-0.1, -0.05) is 49.1 Å². The van der Waals surface area contributed by atoms with Crippen molar-refractivity contribution in [2.45, 2.75) is 49.6 Å². The molecular formula is C21H27N3S2. The number of anilines is 2. The average molecular weight is 386 g/mol. The Morgan fingerprint density at radius 2 is 1.81 bits per heavy atom. The van der Waals surface area contributed by atoms with Crippen LogP contribution in [0, 0.1) is 0 Å². The molecule has 1 aliphatic heterocycles. The van der Waals surface area contributed by atoms with Crippen molar-refractivity contribution in [2.75, 3.05) is 18.0 Å².